The Morgan fingerprint density at radius 1 is 1.42 bits per heavy atom. The van der Waals surface area contributed by atoms with Gasteiger partial charge in [-0.1, -0.05) is 20.8 Å². The molecular weight excluding hydrogens is 244 g/mol. The molecule has 1 rings (SSSR count). The molecule has 0 radical (unpaired) electrons. The van der Waals surface area contributed by atoms with Crippen molar-refractivity contribution >= 4 is 11.7 Å². The molecule has 1 aromatic heterocycles. The number of amides is 1. The van der Waals surface area contributed by atoms with Crippen LogP contribution in [0.1, 0.15) is 33.5 Å². The maximum absolute atomic E-state index is 11.8. The molecule has 6 nitrogen and oxygen atoms in total. The summed E-state index contributed by atoms with van der Waals surface area (Å²) in [5.41, 5.74) is -0.218. The highest BCUT2D eigenvalue weighted by atomic mass is 16.2. The number of aromatic amines is 1. The highest BCUT2D eigenvalue weighted by Gasteiger charge is 2.13. The van der Waals surface area contributed by atoms with E-state index >= 15 is 0 Å². The lowest BCUT2D eigenvalue weighted by molar-refractivity contribution is -0.121. The van der Waals surface area contributed by atoms with E-state index in [1.807, 2.05) is 20.8 Å². The zero-order valence-electron chi connectivity index (χ0n) is 11.9. The predicted molar refractivity (Wildman–Crippen MR) is 75.2 cm³/mol. The molecule has 0 aliphatic carbocycles. The van der Waals surface area contributed by atoms with E-state index in [1.54, 1.807) is 6.92 Å². The second-order valence-corrected chi connectivity index (χ2v) is 4.94. The number of rotatable bonds is 6. The minimum absolute atomic E-state index is 0.103. The van der Waals surface area contributed by atoms with E-state index in [-0.39, 0.29) is 11.5 Å². The number of nitrogens with one attached hydrogen (secondary N) is 3. The molecular formula is C13H22N4O2. The summed E-state index contributed by atoms with van der Waals surface area (Å²) in [5, 5.41) is 5.77. The molecule has 1 heterocycles. The number of carbonyl (C=O) groups is 1. The molecule has 1 aromatic rings. The maximum Gasteiger partial charge on any atom is 0.252 e. The standard InChI is InChI=1S/C13H22N4O2/c1-5-10-16-11(6-12(18)17-10)15-9(4)13(19)14-7-8(2)3/h6,8-9H,5,7H2,1-4H3,(H,14,19)(H2,15,16,17,18). The third-order valence-corrected chi connectivity index (χ3v) is 2.57. The zero-order chi connectivity index (χ0) is 14.4. The van der Waals surface area contributed by atoms with Crippen molar-refractivity contribution < 1.29 is 4.79 Å². The SMILES string of the molecule is CCc1nc(NC(C)C(=O)NCC(C)C)cc(=O)[nH]1. The van der Waals surface area contributed by atoms with Crippen molar-refractivity contribution in [2.24, 2.45) is 5.92 Å². The van der Waals surface area contributed by atoms with Crippen LogP contribution in [0, 0.1) is 5.92 Å². The topological polar surface area (TPSA) is 86.9 Å². The number of nitrogens with zero attached hydrogens (tertiary/aromatic N) is 1. The minimum Gasteiger partial charge on any atom is -0.358 e. The van der Waals surface area contributed by atoms with Crippen molar-refractivity contribution in [2.75, 3.05) is 11.9 Å². The fourth-order valence-electron chi connectivity index (χ4n) is 1.49. The molecule has 1 amide bonds. The molecule has 0 aliphatic rings. The van der Waals surface area contributed by atoms with Crippen LogP contribution in [0.3, 0.4) is 0 Å². The first kappa shape index (κ1) is 15.2. The van der Waals surface area contributed by atoms with Crippen molar-refractivity contribution in [3.05, 3.63) is 22.2 Å². The third-order valence-electron chi connectivity index (χ3n) is 2.57. The molecule has 0 bridgehead atoms. The Morgan fingerprint density at radius 2 is 2.11 bits per heavy atom. The van der Waals surface area contributed by atoms with E-state index < -0.39 is 6.04 Å². The summed E-state index contributed by atoms with van der Waals surface area (Å²) in [4.78, 5) is 30.1. The number of hydrogen-bond acceptors (Lipinski definition) is 4. The Balaban J connectivity index is 2.65. The number of H-pyrrole nitrogens is 1. The van der Waals surface area contributed by atoms with Crippen LogP contribution in [-0.2, 0) is 11.2 Å². The Labute approximate surface area is 113 Å². The van der Waals surface area contributed by atoms with E-state index in [1.165, 1.54) is 6.07 Å². The summed E-state index contributed by atoms with van der Waals surface area (Å²) in [6, 6.07) is 0.920. The first-order valence-electron chi connectivity index (χ1n) is 6.56. The zero-order valence-corrected chi connectivity index (χ0v) is 11.9. The number of aromatic nitrogens is 2. The third kappa shape index (κ3) is 5.11. The summed E-state index contributed by atoms with van der Waals surface area (Å²) in [7, 11) is 0. The van der Waals surface area contributed by atoms with Gasteiger partial charge in [0.25, 0.3) is 5.56 Å². The molecule has 106 valence electrons. The van der Waals surface area contributed by atoms with Gasteiger partial charge in [0.2, 0.25) is 5.91 Å². The van der Waals surface area contributed by atoms with Crippen LogP contribution in [0.2, 0.25) is 0 Å². The van der Waals surface area contributed by atoms with Gasteiger partial charge in [-0.15, -0.1) is 0 Å². The Bertz CT molecular complexity index is 482. The van der Waals surface area contributed by atoms with Crippen LogP contribution in [-0.4, -0.2) is 28.5 Å². The van der Waals surface area contributed by atoms with Crippen LogP contribution >= 0.6 is 0 Å². The fourth-order valence-corrected chi connectivity index (χ4v) is 1.49. The lowest BCUT2D eigenvalue weighted by Gasteiger charge is -2.15. The van der Waals surface area contributed by atoms with E-state index in [0.717, 1.165) is 0 Å². The normalized spacial score (nSPS) is 12.3. The number of carbonyl (C=O) groups excluding carboxylic acids is 1. The second kappa shape index (κ2) is 6.92. The highest BCUT2D eigenvalue weighted by Crippen LogP contribution is 2.02. The summed E-state index contributed by atoms with van der Waals surface area (Å²) < 4.78 is 0. The molecule has 3 N–H and O–H groups in total. The second-order valence-electron chi connectivity index (χ2n) is 4.94. The van der Waals surface area contributed by atoms with Crippen LogP contribution in [0.25, 0.3) is 0 Å². The molecule has 0 fully saturated rings. The quantitative estimate of drug-likeness (QED) is 0.714. The summed E-state index contributed by atoms with van der Waals surface area (Å²) in [6.07, 6.45) is 0.638. The largest absolute Gasteiger partial charge is 0.358 e. The molecule has 0 saturated heterocycles. The highest BCUT2D eigenvalue weighted by molar-refractivity contribution is 5.83. The van der Waals surface area contributed by atoms with Crippen molar-refractivity contribution in [1.82, 2.24) is 15.3 Å². The Hall–Kier alpha value is -1.85. The van der Waals surface area contributed by atoms with Gasteiger partial charge in [0.1, 0.15) is 17.7 Å². The van der Waals surface area contributed by atoms with Gasteiger partial charge >= 0.3 is 0 Å². The van der Waals surface area contributed by atoms with Crippen LogP contribution < -0.4 is 16.2 Å². The van der Waals surface area contributed by atoms with Gasteiger partial charge < -0.3 is 15.6 Å². The number of hydrogen-bond donors (Lipinski definition) is 3. The van der Waals surface area contributed by atoms with Gasteiger partial charge in [-0.2, -0.15) is 0 Å². The Morgan fingerprint density at radius 3 is 2.68 bits per heavy atom. The molecule has 0 aromatic carbocycles. The van der Waals surface area contributed by atoms with E-state index in [0.29, 0.717) is 30.5 Å². The smallest absolute Gasteiger partial charge is 0.252 e. The van der Waals surface area contributed by atoms with Crippen LogP contribution in [0.15, 0.2) is 10.9 Å². The average Bonchev–Trinajstić information content (AvgIpc) is 2.34. The molecule has 1 atom stereocenters. The number of anilines is 1. The van der Waals surface area contributed by atoms with Crippen molar-refractivity contribution in [2.45, 2.75) is 40.2 Å². The Kier molecular flexibility index (Phi) is 5.54. The van der Waals surface area contributed by atoms with Crippen molar-refractivity contribution in [1.29, 1.82) is 0 Å². The first-order chi connectivity index (χ1) is 8.92. The molecule has 6 heteroatoms. The molecule has 1 unspecified atom stereocenters. The van der Waals surface area contributed by atoms with Gasteiger partial charge in [-0.3, -0.25) is 9.59 Å². The lowest BCUT2D eigenvalue weighted by atomic mass is 10.2. The lowest BCUT2D eigenvalue weighted by Crippen LogP contribution is -2.39. The average molecular weight is 266 g/mol. The summed E-state index contributed by atoms with van der Waals surface area (Å²) >= 11 is 0. The molecule has 0 aliphatic heterocycles. The maximum atomic E-state index is 11.8. The monoisotopic (exact) mass is 266 g/mol. The van der Waals surface area contributed by atoms with E-state index in [9.17, 15) is 9.59 Å². The van der Waals surface area contributed by atoms with Crippen molar-refractivity contribution in [3.63, 3.8) is 0 Å². The number of aryl methyl sites for hydroxylation is 1. The summed E-state index contributed by atoms with van der Waals surface area (Å²) in [5.74, 6) is 1.33. The van der Waals surface area contributed by atoms with Crippen LogP contribution in [0.4, 0.5) is 5.82 Å². The minimum atomic E-state index is -0.433. The molecule has 0 saturated carbocycles. The summed E-state index contributed by atoms with van der Waals surface area (Å²) in [6.45, 7) is 8.34. The van der Waals surface area contributed by atoms with Crippen LogP contribution in [0.5, 0.6) is 0 Å². The van der Waals surface area contributed by atoms with Gasteiger partial charge in [0, 0.05) is 19.0 Å². The fraction of sp³-hybridized carbons (Fsp3) is 0.615. The van der Waals surface area contributed by atoms with E-state index in [4.69, 9.17) is 0 Å². The predicted octanol–water partition coefficient (Wildman–Crippen LogP) is 0.905. The molecule has 19 heavy (non-hydrogen) atoms. The first-order valence-corrected chi connectivity index (χ1v) is 6.56. The van der Waals surface area contributed by atoms with Gasteiger partial charge in [-0.05, 0) is 12.8 Å². The van der Waals surface area contributed by atoms with E-state index in [2.05, 4.69) is 20.6 Å². The van der Waals surface area contributed by atoms with Gasteiger partial charge in [-0.25, -0.2) is 4.98 Å². The van der Waals surface area contributed by atoms with Crippen molar-refractivity contribution in [3.8, 4) is 0 Å². The van der Waals surface area contributed by atoms with Gasteiger partial charge in [0.05, 0.1) is 0 Å². The van der Waals surface area contributed by atoms with Gasteiger partial charge in [0.15, 0.2) is 0 Å². The molecule has 0 spiro atoms.